The fraction of sp³-hybridized carbons (Fsp3) is 0.231. The maximum Gasteiger partial charge on any atom is 0.333 e. The van der Waals surface area contributed by atoms with Crippen LogP contribution < -0.4 is 11.2 Å². The van der Waals surface area contributed by atoms with Gasteiger partial charge in [0.15, 0.2) is 11.2 Å². The lowest BCUT2D eigenvalue weighted by Gasteiger charge is -2.18. The second-order valence-electron chi connectivity index (χ2n) is 8.23. The van der Waals surface area contributed by atoms with Crippen LogP contribution in [-0.2, 0) is 25.9 Å². The lowest BCUT2D eigenvalue weighted by atomic mass is 10.0. The van der Waals surface area contributed by atoms with Crippen LogP contribution in [0.15, 0.2) is 58.1 Å². The van der Waals surface area contributed by atoms with E-state index in [9.17, 15) is 9.59 Å². The number of hydrogen-bond acceptors (Lipinski definition) is 4. The van der Waals surface area contributed by atoms with E-state index in [0.29, 0.717) is 10.7 Å². The summed E-state index contributed by atoms with van der Waals surface area (Å²) in [5.41, 5.74) is 3.77. The van der Waals surface area contributed by atoms with Gasteiger partial charge in [0, 0.05) is 10.6 Å². The standard InChI is InChI=1S/C26H21ClN4O2/c1-2-17-6-5-7-19(14-17)16-30-24-23(28-21-8-3-4-9-22(21)29-24)25(32)31(26(30)33)15-18-10-12-20(27)13-11-18/h1,5-7,10-14H,3-4,8-9,15-16H2. The van der Waals surface area contributed by atoms with Crippen LogP contribution in [0, 0.1) is 12.3 Å². The number of fused-ring (bicyclic) bond motifs is 2. The Morgan fingerprint density at radius 2 is 1.61 bits per heavy atom. The molecule has 0 bridgehead atoms. The molecule has 1 aliphatic carbocycles. The van der Waals surface area contributed by atoms with E-state index in [1.54, 1.807) is 24.3 Å². The van der Waals surface area contributed by atoms with E-state index in [-0.39, 0.29) is 18.6 Å². The molecular weight excluding hydrogens is 436 g/mol. The molecule has 4 aromatic rings. The molecule has 2 aromatic carbocycles. The fourth-order valence-electron chi connectivity index (χ4n) is 4.26. The summed E-state index contributed by atoms with van der Waals surface area (Å²) in [4.78, 5) is 36.5. The summed E-state index contributed by atoms with van der Waals surface area (Å²) in [5, 5.41) is 0.591. The Balaban J connectivity index is 1.73. The summed E-state index contributed by atoms with van der Waals surface area (Å²) >= 11 is 6.00. The van der Waals surface area contributed by atoms with E-state index in [0.717, 1.165) is 53.8 Å². The highest BCUT2D eigenvalue weighted by Crippen LogP contribution is 2.20. The Morgan fingerprint density at radius 1 is 0.909 bits per heavy atom. The van der Waals surface area contributed by atoms with Crippen LogP contribution in [-0.4, -0.2) is 19.1 Å². The first-order valence-electron chi connectivity index (χ1n) is 10.9. The zero-order valence-corrected chi connectivity index (χ0v) is 18.7. The van der Waals surface area contributed by atoms with Gasteiger partial charge in [0.1, 0.15) is 0 Å². The summed E-state index contributed by atoms with van der Waals surface area (Å²) in [6.07, 6.45) is 9.18. The smallest absolute Gasteiger partial charge is 0.272 e. The van der Waals surface area contributed by atoms with Crippen molar-refractivity contribution >= 4 is 22.8 Å². The van der Waals surface area contributed by atoms with Gasteiger partial charge in [0.25, 0.3) is 5.56 Å². The topological polar surface area (TPSA) is 69.8 Å². The minimum absolute atomic E-state index is 0.119. The fourth-order valence-corrected chi connectivity index (χ4v) is 4.39. The quantitative estimate of drug-likeness (QED) is 0.440. The van der Waals surface area contributed by atoms with Gasteiger partial charge in [0.2, 0.25) is 0 Å². The van der Waals surface area contributed by atoms with Crippen molar-refractivity contribution in [1.29, 1.82) is 0 Å². The number of aromatic nitrogens is 4. The van der Waals surface area contributed by atoms with Crippen molar-refractivity contribution in [1.82, 2.24) is 19.1 Å². The van der Waals surface area contributed by atoms with Gasteiger partial charge in [-0.25, -0.2) is 14.8 Å². The molecule has 0 aliphatic heterocycles. The molecule has 164 valence electrons. The Bertz CT molecular complexity index is 1530. The molecule has 0 spiro atoms. The lowest BCUT2D eigenvalue weighted by molar-refractivity contribution is 0.614. The van der Waals surface area contributed by atoms with Gasteiger partial charge in [-0.15, -0.1) is 6.42 Å². The van der Waals surface area contributed by atoms with Crippen molar-refractivity contribution < 1.29 is 0 Å². The van der Waals surface area contributed by atoms with E-state index < -0.39 is 11.2 Å². The van der Waals surface area contributed by atoms with Gasteiger partial charge in [0.05, 0.1) is 24.5 Å². The third-order valence-electron chi connectivity index (χ3n) is 5.96. The van der Waals surface area contributed by atoms with Crippen LogP contribution in [0.25, 0.3) is 11.2 Å². The summed E-state index contributed by atoms with van der Waals surface area (Å²) < 4.78 is 2.75. The van der Waals surface area contributed by atoms with Gasteiger partial charge in [-0.1, -0.05) is 41.8 Å². The number of aryl methyl sites for hydroxylation is 2. The van der Waals surface area contributed by atoms with Crippen LogP contribution in [0.1, 0.15) is 40.9 Å². The van der Waals surface area contributed by atoms with E-state index in [1.807, 2.05) is 24.3 Å². The van der Waals surface area contributed by atoms with Crippen LogP contribution >= 0.6 is 11.6 Å². The highest BCUT2D eigenvalue weighted by molar-refractivity contribution is 6.30. The van der Waals surface area contributed by atoms with Gasteiger partial charge < -0.3 is 0 Å². The Morgan fingerprint density at radius 3 is 2.33 bits per heavy atom. The maximum atomic E-state index is 13.6. The van der Waals surface area contributed by atoms with Crippen LogP contribution in [0.5, 0.6) is 0 Å². The summed E-state index contributed by atoms with van der Waals surface area (Å²) in [7, 11) is 0. The molecule has 2 heterocycles. The predicted molar refractivity (Wildman–Crippen MR) is 129 cm³/mol. The van der Waals surface area contributed by atoms with Gasteiger partial charge >= 0.3 is 5.69 Å². The van der Waals surface area contributed by atoms with Crippen LogP contribution in [0.3, 0.4) is 0 Å². The van der Waals surface area contributed by atoms with Crippen LogP contribution in [0.2, 0.25) is 5.02 Å². The lowest BCUT2D eigenvalue weighted by Crippen LogP contribution is -2.41. The second-order valence-corrected chi connectivity index (χ2v) is 8.66. The summed E-state index contributed by atoms with van der Waals surface area (Å²) in [6.45, 7) is 0.354. The molecule has 0 unspecified atom stereocenters. The SMILES string of the molecule is C#Cc1cccc(Cn2c(=O)n(Cc3ccc(Cl)cc3)c(=O)c3nc4c(nc32)CCCC4)c1. The molecule has 6 nitrogen and oxygen atoms in total. The number of rotatable bonds is 4. The van der Waals surface area contributed by atoms with Crippen LogP contribution in [0.4, 0.5) is 0 Å². The molecule has 0 saturated carbocycles. The van der Waals surface area contributed by atoms with Gasteiger partial charge in [-0.3, -0.25) is 13.9 Å². The van der Waals surface area contributed by atoms with E-state index in [1.165, 1.54) is 9.13 Å². The number of hydrogen-bond donors (Lipinski definition) is 0. The molecule has 2 aromatic heterocycles. The largest absolute Gasteiger partial charge is 0.333 e. The minimum Gasteiger partial charge on any atom is -0.272 e. The highest BCUT2D eigenvalue weighted by atomic mass is 35.5. The number of halogens is 1. The first-order valence-corrected chi connectivity index (χ1v) is 11.2. The first kappa shape index (κ1) is 21.2. The molecule has 1 aliphatic rings. The third-order valence-corrected chi connectivity index (χ3v) is 6.22. The van der Waals surface area contributed by atoms with E-state index in [2.05, 4.69) is 5.92 Å². The van der Waals surface area contributed by atoms with Crippen molar-refractivity contribution in [3.63, 3.8) is 0 Å². The Hall–Kier alpha value is -3.69. The zero-order chi connectivity index (χ0) is 22.9. The second kappa shape index (κ2) is 8.68. The number of nitrogens with zero attached hydrogens (tertiary/aromatic N) is 4. The average Bonchev–Trinajstić information content (AvgIpc) is 2.85. The minimum atomic E-state index is -0.432. The van der Waals surface area contributed by atoms with Gasteiger partial charge in [-0.2, -0.15) is 0 Å². The van der Waals surface area contributed by atoms with Crippen molar-refractivity contribution in [3.8, 4) is 12.3 Å². The van der Waals surface area contributed by atoms with E-state index >= 15 is 0 Å². The molecule has 0 radical (unpaired) electrons. The van der Waals surface area contributed by atoms with Crippen molar-refractivity contribution in [3.05, 3.63) is 102 Å². The molecule has 5 rings (SSSR count). The number of terminal acetylenes is 1. The maximum absolute atomic E-state index is 13.6. The van der Waals surface area contributed by atoms with E-state index in [4.69, 9.17) is 28.0 Å². The monoisotopic (exact) mass is 456 g/mol. The number of benzene rings is 2. The zero-order valence-electron chi connectivity index (χ0n) is 17.9. The third kappa shape index (κ3) is 4.08. The van der Waals surface area contributed by atoms with Crippen molar-refractivity contribution in [2.75, 3.05) is 0 Å². The predicted octanol–water partition coefficient (Wildman–Crippen LogP) is 3.56. The molecule has 0 fully saturated rings. The molecule has 0 amide bonds. The highest BCUT2D eigenvalue weighted by Gasteiger charge is 2.21. The molecule has 0 atom stereocenters. The molecular formula is C26H21ClN4O2. The molecule has 0 saturated heterocycles. The summed E-state index contributed by atoms with van der Waals surface area (Å²) in [6, 6.07) is 14.5. The van der Waals surface area contributed by atoms with Gasteiger partial charge in [-0.05, 0) is 61.1 Å². The first-order chi connectivity index (χ1) is 16.0. The molecule has 33 heavy (non-hydrogen) atoms. The Kier molecular flexibility index (Phi) is 5.57. The molecule has 0 N–H and O–H groups in total. The molecule has 7 heteroatoms. The normalized spacial score (nSPS) is 13.0. The summed E-state index contributed by atoms with van der Waals surface area (Å²) in [5.74, 6) is 2.62. The van der Waals surface area contributed by atoms with Crippen molar-refractivity contribution in [2.24, 2.45) is 0 Å². The average molecular weight is 457 g/mol. The van der Waals surface area contributed by atoms with Crippen molar-refractivity contribution in [2.45, 2.75) is 38.8 Å². The Labute approximate surface area is 195 Å².